The van der Waals surface area contributed by atoms with Gasteiger partial charge in [0.1, 0.15) is 0 Å². The molecule has 0 saturated heterocycles. The predicted molar refractivity (Wildman–Crippen MR) is 93.5 cm³/mol. The van der Waals surface area contributed by atoms with E-state index in [-0.39, 0.29) is 12.4 Å². The van der Waals surface area contributed by atoms with E-state index in [1.807, 2.05) is 6.07 Å². The zero-order valence-electron chi connectivity index (χ0n) is 12.3. The van der Waals surface area contributed by atoms with Gasteiger partial charge in [-0.25, -0.2) is 0 Å². The van der Waals surface area contributed by atoms with Gasteiger partial charge in [-0.05, 0) is 53.8 Å². The van der Waals surface area contributed by atoms with Gasteiger partial charge in [0.25, 0.3) is 0 Å². The highest BCUT2D eigenvalue weighted by Gasteiger charge is 2.13. The number of nitrogens with two attached hydrogens (primary N) is 1. The molecule has 0 radical (unpaired) electrons. The van der Waals surface area contributed by atoms with Gasteiger partial charge in [0, 0.05) is 25.0 Å². The second kappa shape index (κ2) is 6.79. The number of nitrogens with zero attached hydrogens (tertiary/aromatic N) is 1. The Bertz CT molecular complexity index is 635. The maximum Gasteiger partial charge on any atom is 0.0411 e. The molecule has 1 aliphatic carbocycles. The SMILES string of the molecule is CN(c1ccccc1)c1ccc2c(c1)CCC=C2CN.Cl. The van der Waals surface area contributed by atoms with Gasteiger partial charge in [-0.3, -0.25) is 0 Å². The topological polar surface area (TPSA) is 29.3 Å². The molecule has 0 aromatic heterocycles. The van der Waals surface area contributed by atoms with Crippen LogP contribution in [0.1, 0.15) is 17.5 Å². The zero-order valence-corrected chi connectivity index (χ0v) is 13.1. The number of rotatable bonds is 3. The van der Waals surface area contributed by atoms with Crippen LogP contribution in [0.25, 0.3) is 5.57 Å². The summed E-state index contributed by atoms with van der Waals surface area (Å²) in [6, 6.07) is 17.1. The van der Waals surface area contributed by atoms with Crippen molar-refractivity contribution >= 4 is 29.4 Å². The summed E-state index contributed by atoms with van der Waals surface area (Å²) in [5, 5.41) is 0. The van der Waals surface area contributed by atoms with Crippen LogP contribution in [-0.4, -0.2) is 13.6 Å². The lowest BCUT2D eigenvalue weighted by molar-refractivity contribution is 0.965. The summed E-state index contributed by atoms with van der Waals surface area (Å²) in [5.41, 5.74) is 12.3. The van der Waals surface area contributed by atoms with Gasteiger partial charge in [0.2, 0.25) is 0 Å². The third-order valence-electron chi connectivity index (χ3n) is 3.99. The standard InChI is InChI=1S/C18H20N2.ClH/c1-20(16-8-3-2-4-9-16)17-10-11-18-14(12-17)6-5-7-15(18)13-19;/h2-4,7-12H,5-6,13,19H2,1H3;1H. The average Bonchev–Trinajstić information content (AvgIpc) is 2.53. The summed E-state index contributed by atoms with van der Waals surface area (Å²) in [6.45, 7) is 0.626. The molecule has 2 aromatic carbocycles. The van der Waals surface area contributed by atoms with E-state index < -0.39 is 0 Å². The second-order valence-corrected chi connectivity index (χ2v) is 5.21. The molecule has 0 unspecified atom stereocenters. The maximum atomic E-state index is 5.83. The lowest BCUT2D eigenvalue weighted by Gasteiger charge is -2.23. The Hall–Kier alpha value is -1.77. The van der Waals surface area contributed by atoms with Crippen LogP contribution in [0.3, 0.4) is 0 Å². The van der Waals surface area contributed by atoms with E-state index in [2.05, 4.69) is 60.5 Å². The Morgan fingerprint density at radius 3 is 2.52 bits per heavy atom. The molecule has 21 heavy (non-hydrogen) atoms. The molecule has 0 heterocycles. The third-order valence-corrected chi connectivity index (χ3v) is 3.99. The fourth-order valence-corrected chi connectivity index (χ4v) is 2.81. The maximum absolute atomic E-state index is 5.83. The minimum absolute atomic E-state index is 0. The van der Waals surface area contributed by atoms with Gasteiger partial charge >= 0.3 is 0 Å². The Morgan fingerprint density at radius 2 is 1.81 bits per heavy atom. The lowest BCUT2D eigenvalue weighted by Crippen LogP contribution is -2.12. The predicted octanol–water partition coefficient (Wildman–Crippen LogP) is 4.16. The fourth-order valence-electron chi connectivity index (χ4n) is 2.81. The number of para-hydroxylation sites is 1. The van der Waals surface area contributed by atoms with Gasteiger partial charge in [0.05, 0.1) is 0 Å². The van der Waals surface area contributed by atoms with Gasteiger partial charge in [-0.1, -0.05) is 30.3 Å². The first-order chi connectivity index (χ1) is 9.79. The van der Waals surface area contributed by atoms with Crippen LogP contribution in [0.15, 0.2) is 54.6 Å². The molecule has 110 valence electrons. The summed E-state index contributed by atoms with van der Waals surface area (Å²) in [4.78, 5) is 2.22. The number of anilines is 2. The Balaban J connectivity index is 0.00000161. The van der Waals surface area contributed by atoms with Crippen LogP contribution < -0.4 is 10.6 Å². The van der Waals surface area contributed by atoms with Gasteiger partial charge in [-0.15, -0.1) is 12.4 Å². The summed E-state index contributed by atoms with van der Waals surface area (Å²) < 4.78 is 0. The van der Waals surface area contributed by atoms with E-state index in [1.54, 1.807) is 0 Å². The smallest absolute Gasteiger partial charge is 0.0411 e. The van der Waals surface area contributed by atoms with E-state index in [9.17, 15) is 0 Å². The minimum Gasteiger partial charge on any atom is -0.345 e. The number of halogens is 1. The van der Waals surface area contributed by atoms with Gasteiger partial charge < -0.3 is 10.6 Å². The molecule has 3 rings (SSSR count). The number of fused-ring (bicyclic) bond motifs is 1. The zero-order chi connectivity index (χ0) is 13.9. The molecule has 0 bridgehead atoms. The summed E-state index contributed by atoms with van der Waals surface area (Å²) in [7, 11) is 2.11. The van der Waals surface area contributed by atoms with Crippen molar-refractivity contribution in [2.24, 2.45) is 5.73 Å². The van der Waals surface area contributed by atoms with Crippen molar-refractivity contribution in [2.45, 2.75) is 12.8 Å². The van der Waals surface area contributed by atoms with E-state index in [4.69, 9.17) is 5.73 Å². The van der Waals surface area contributed by atoms with Crippen molar-refractivity contribution in [2.75, 3.05) is 18.5 Å². The molecular weight excluding hydrogens is 280 g/mol. The van der Waals surface area contributed by atoms with Crippen molar-refractivity contribution in [3.63, 3.8) is 0 Å². The van der Waals surface area contributed by atoms with Gasteiger partial charge in [0.15, 0.2) is 0 Å². The summed E-state index contributed by atoms with van der Waals surface area (Å²) in [6.07, 6.45) is 4.47. The Labute approximate surface area is 132 Å². The number of allylic oxidation sites excluding steroid dienone is 1. The number of hydrogen-bond acceptors (Lipinski definition) is 2. The van der Waals surface area contributed by atoms with Crippen LogP contribution in [0, 0.1) is 0 Å². The van der Waals surface area contributed by atoms with E-state index >= 15 is 0 Å². The van der Waals surface area contributed by atoms with Crippen molar-refractivity contribution < 1.29 is 0 Å². The van der Waals surface area contributed by atoms with Crippen molar-refractivity contribution in [1.29, 1.82) is 0 Å². The fraction of sp³-hybridized carbons (Fsp3) is 0.222. The minimum atomic E-state index is 0. The molecule has 1 aliphatic rings. The van der Waals surface area contributed by atoms with E-state index in [1.165, 1.54) is 28.1 Å². The highest BCUT2D eigenvalue weighted by atomic mass is 35.5. The molecule has 2 nitrogen and oxygen atoms in total. The van der Waals surface area contributed by atoms with Crippen molar-refractivity contribution in [3.8, 4) is 0 Å². The molecule has 0 spiro atoms. The molecule has 0 saturated carbocycles. The average molecular weight is 301 g/mol. The third kappa shape index (κ3) is 3.12. The van der Waals surface area contributed by atoms with E-state index in [0.717, 1.165) is 12.8 Å². The van der Waals surface area contributed by atoms with Crippen molar-refractivity contribution in [1.82, 2.24) is 0 Å². The Kier molecular flexibility index (Phi) is 5.05. The molecule has 0 atom stereocenters. The summed E-state index contributed by atoms with van der Waals surface area (Å²) >= 11 is 0. The first-order valence-electron chi connectivity index (χ1n) is 7.11. The molecule has 0 amide bonds. The van der Waals surface area contributed by atoms with Crippen LogP contribution in [0.2, 0.25) is 0 Å². The van der Waals surface area contributed by atoms with Crippen molar-refractivity contribution in [3.05, 3.63) is 65.7 Å². The molecular formula is C18H21ClN2. The molecule has 2 aromatic rings. The number of hydrogen-bond donors (Lipinski definition) is 1. The monoisotopic (exact) mass is 300 g/mol. The number of benzene rings is 2. The first kappa shape index (κ1) is 15.6. The number of aryl methyl sites for hydroxylation is 1. The second-order valence-electron chi connectivity index (χ2n) is 5.21. The quantitative estimate of drug-likeness (QED) is 0.922. The molecule has 3 heteroatoms. The van der Waals surface area contributed by atoms with E-state index in [0.29, 0.717) is 6.54 Å². The van der Waals surface area contributed by atoms with Crippen LogP contribution >= 0.6 is 12.4 Å². The first-order valence-corrected chi connectivity index (χ1v) is 7.11. The Morgan fingerprint density at radius 1 is 1.05 bits per heavy atom. The molecule has 0 aliphatic heterocycles. The normalized spacial score (nSPS) is 13.0. The van der Waals surface area contributed by atoms with Gasteiger partial charge in [-0.2, -0.15) is 0 Å². The largest absolute Gasteiger partial charge is 0.345 e. The lowest BCUT2D eigenvalue weighted by atomic mass is 9.90. The van der Waals surface area contributed by atoms with Crippen LogP contribution in [0.4, 0.5) is 11.4 Å². The molecule has 0 fully saturated rings. The highest BCUT2D eigenvalue weighted by molar-refractivity contribution is 5.85. The van der Waals surface area contributed by atoms with Crippen LogP contribution in [-0.2, 0) is 6.42 Å². The van der Waals surface area contributed by atoms with Crippen LogP contribution in [0.5, 0.6) is 0 Å². The summed E-state index contributed by atoms with van der Waals surface area (Å²) in [5.74, 6) is 0. The molecule has 2 N–H and O–H groups in total. The highest BCUT2D eigenvalue weighted by Crippen LogP contribution is 2.31.